The lowest BCUT2D eigenvalue weighted by Crippen LogP contribution is -2.11. The van der Waals surface area contributed by atoms with E-state index in [1.54, 1.807) is 0 Å². The molecule has 3 nitrogen and oxygen atoms in total. The average molecular weight is 143 g/mol. The third-order valence-electron chi connectivity index (χ3n) is 0.917. The van der Waals surface area contributed by atoms with Crippen LogP contribution >= 0.6 is 11.8 Å². The molecule has 0 saturated heterocycles. The summed E-state index contributed by atoms with van der Waals surface area (Å²) in [4.78, 5) is 0. The molecular formula is C5H9N3S. The van der Waals surface area contributed by atoms with Crippen LogP contribution in [0.1, 0.15) is 6.92 Å². The number of hydrogen-bond acceptors (Lipinski definition) is 4. The Hall–Kier alpha value is -0.640. The van der Waals surface area contributed by atoms with Gasteiger partial charge in [-0.15, -0.1) is 0 Å². The first kappa shape index (κ1) is 6.48. The Morgan fingerprint density at radius 2 is 2.67 bits per heavy atom. The Balaban J connectivity index is 2.37. The molecule has 0 aromatic heterocycles. The van der Waals surface area contributed by atoms with Crippen molar-refractivity contribution < 1.29 is 0 Å². The summed E-state index contributed by atoms with van der Waals surface area (Å²) in [6.45, 7) is 1.97. The van der Waals surface area contributed by atoms with Crippen LogP contribution in [-0.2, 0) is 0 Å². The first-order chi connectivity index (χ1) is 4.33. The number of thioether (sulfide) groups is 1. The lowest BCUT2D eigenvalue weighted by molar-refractivity contribution is 0.800. The van der Waals surface area contributed by atoms with Crippen molar-refractivity contribution in [3.8, 4) is 0 Å². The minimum atomic E-state index is 0.245. The van der Waals surface area contributed by atoms with Crippen molar-refractivity contribution in [1.82, 2.24) is 5.43 Å². The second kappa shape index (κ2) is 2.77. The Morgan fingerprint density at radius 3 is 3.11 bits per heavy atom. The highest BCUT2D eigenvalue weighted by Crippen LogP contribution is 2.14. The zero-order chi connectivity index (χ0) is 6.69. The van der Waals surface area contributed by atoms with Crippen molar-refractivity contribution in [1.29, 1.82) is 0 Å². The topological polar surface area (TPSA) is 50.4 Å². The van der Waals surface area contributed by atoms with Gasteiger partial charge in [-0.25, -0.2) is 0 Å². The number of rotatable bonds is 1. The highest BCUT2D eigenvalue weighted by Gasteiger charge is 2.11. The molecule has 3 N–H and O–H groups in total. The van der Waals surface area contributed by atoms with Crippen LogP contribution in [0, 0.1) is 0 Å². The second-order valence-electron chi connectivity index (χ2n) is 1.64. The number of hydrogen-bond donors (Lipinski definition) is 2. The summed E-state index contributed by atoms with van der Waals surface area (Å²) in [7, 11) is 0. The summed E-state index contributed by atoms with van der Waals surface area (Å²) >= 11 is 1.52. The van der Waals surface area contributed by atoms with E-state index in [0.29, 0.717) is 5.17 Å². The minimum Gasteiger partial charge on any atom is -0.377 e. The van der Waals surface area contributed by atoms with Gasteiger partial charge in [-0.3, -0.25) is 5.43 Å². The third kappa shape index (κ3) is 1.64. The maximum absolute atomic E-state index is 5.37. The van der Waals surface area contributed by atoms with Crippen LogP contribution in [0.5, 0.6) is 0 Å². The lowest BCUT2D eigenvalue weighted by Gasteiger charge is -1.98. The van der Waals surface area contributed by atoms with E-state index in [9.17, 15) is 0 Å². The van der Waals surface area contributed by atoms with Gasteiger partial charge in [-0.05, 0) is 6.92 Å². The fourth-order valence-corrected chi connectivity index (χ4v) is 1.27. The molecule has 9 heavy (non-hydrogen) atoms. The molecule has 0 amide bonds. The van der Waals surface area contributed by atoms with Gasteiger partial charge in [0, 0.05) is 0 Å². The zero-order valence-electron chi connectivity index (χ0n) is 5.16. The molecule has 0 fully saturated rings. The van der Waals surface area contributed by atoms with E-state index >= 15 is 0 Å². The van der Waals surface area contributed by atoms with E-state index in [2.05, 4.69) is 10.5 Å². The van der Waals surface area contributed by atoms with Crippen molar-refractivity contribution >= 4 is 16.9 Å². The average Bonchev–Trinajstić information content (AvgIpc) is 2.17. The molecule has 1 aliphatic heterocycles. The molecule has 0 spiro atoms. The van der Waals surface area contributed by atoms with Gasteiger partial charge in [0.2, 0.25) is 0 Å². The van der Waals surface area contributed by atoms with Crippen molar-refractivity contribution in [3.63, 3.8) is 0 Å². The number of hydrazone groups is 1. The van der Waals surface area contributed by atoms with Crippen LogP contribution in [-0.4, -0.2) is 10.5 Å². The molecule has 1 atom stereocenters. The maximum atomic E-state index is 5.37. The van der Waals surface area contributed by atoms with Gasteiger partial charge in [0.15, 0.2) is 5.17 Å². The normalized spacial score (nSPS) is 26.3. The van der Waals surface area contributed by atoms with Crippen molar-refractivity contribution in [2.24, 2.45) is 10.8 Å². The van der Waals surface area contributed by atoms with Crippen LogP contribution in [0.15, 0.2) is 17.3 Å². The molecule has 1 aliphatic rings. The van der Waals surface area contributed by atoms with Crippen LogP contribution in [0.25, 0.3) is 0 Å². The first-order valence-electron chi connectivity index (χ1n) is 2.71. The standard InChI is InChI=1S/C5H9N3S/c1-2-3-4-7-8-5(6)9-4/h2-4,7H,1H3,(H2,6,8). The second-order valence-corrected chi connectivity index (χ2v) is 2.81. The van der Waals surface area contributed by atoms with Crippen LogP contribution in [0.4, 0.5) is 0 Å². The third-order valence-corrected chi connectivity index (χ3v) is 1.77. The van der Waals surface area contributed by atoms with Crippen molar-refractivity contribution in [2.45, 2.75) is 12.3 Å². The summed E-state index contributed by atoms with van der Waals surface area (Å²) in [5.41, 5.74) is 8.22. The molecule has 1 rings (SSSR count). The fraction of sp³-hybridized carbons (Fsp3) is 0.400. The molecule has 0 radical (unpaired) electrons. The molecule has 0 bridgehead atoms. The number of nitrogens with two attached hydrogens (primary N) is 1. The Morgan fingerprint density at radius 1 is 1.89 bits per heavy atom. The minimum absolute atomic E-state index is 0.245. The molecule has 50 valence electrons. The predicted octanol–water partition coefficient (Wildman–Crippen LogP) is 0.455. The summed E-state index contributed by atoms with van der Waals surface area (Å²) in [6, 6.07) is 0. The Kier molecular flexibility index (Phi) is 2.00. The molecule has 1 heterocycles. The van der Waals surface area contributed by atoms with Gasteiger partial charge in [0.1, 0.15) is 5.37 Å². The number of allylic oxidation sites excluding steroid dienone is 1. The van der Waals surface area contributed by atoms with Crippen LogP contribution in [0.2, 0.25) is 0 Å². The van der Waals surface area contributed by atoms with Crippen molar-refractivity contribution in [2.75, 3.05) is 0 Å². The quantitative estimate of drug-likeness (QED) is 0.524. The van der Waals surface area contributed by atoms with E-state index in [4.69, 9.17) is 5.73 Å². The van der Waals surface area contributed by atoms with Crippen molar-refractivity contribution in [3.05, 3.63) is 12.2 Å². The van der Waals surface area contributed by atoms with E-state index < -0.39 is 0 Å². The van der Waals surface area contributed by atoms with Crippen LogP contribution < -0.4 is 11.2 Å². The van der Waals surface area contributed by atoms with Gasteiger partial charge in [0.05, 0.1) is 0 Å². The van der Waals surface area contributed by atoms with Gasteiger partial charge in [-0.1, -0.05) is 23.9 Å². The zero-order valence-corrected chi connectivity index (χ0v) is 5.98. The summed E-state index contributed by atoms with van der Waals surface area (Å²) < 4.78 is 0. The lowest BCUT2D eigenvalue weighted by atomic mass is 10.5. The molecular weight excluding hydrogens is 134 g/mol. The molecule has 4 heteroatoms. The highest BCUT2D eigenvalue weighted by molar-refractivity contribution is 8.14. The fourth-order valence-electron chi connectivity index (χ4n) is 0.567. The maximum Gasteiger partial charge on any atom is 0.180 e. The largest absolute Gasteiger partial charge is 0.377 e. The summed E-state index contributed by atoms with van der Waals surface area (Å²) in [5.74, 6) is 0. The predicted molar refractivity (Wildman–Crippen MR) is 41.0 cm³/mol. The number of nitrogens with zero attached hydrogens (tertiary/aromatic N) is 1. The SMILES string of the molecule is CC=CC1NN=C(N)S1. The smallest absolute Gasteiger partial charge is 0.180 e. The first-order valence-corrected chi connectivity index (χ1v) is 3.59. The summed E-state index contributed by atoms with van der Waals surface area (Å²) in [6.07, 6.45) is 3.98. The number of amidine groups is 1. The van der Waals surface area contributed by atoms with Gasteiger partial charge in [0.25, 0.3) is 0 Å². The van der Waals surface area contributed by atoms with E-state index in [1.165, 1.54) is 11.8 Å². The molecule has 0 aliphatic carbocycles. The number of nitrogens with one attached hydrogen (secondary N) is 1. The summed E-state index contributed by atoms with van der Waals surface area (Å²) in [5, 5.41) is 4.65. The van der Waals surface area contributed by atoms with E-state index in [1.807, 2.05) is 19.1 Å². The van der Waals surface area contributed by atoms with Gasteiger partial charge in [-0.2, -0.15) is 5.10 Å². The molecule has 0 aromatic carbocycles. The monoisotopic (exact) mass is 143 g/mol. The Labute approximate surface area is 58.4 Å². The Bertz CT molecular complexity index is 152. The van der Waals surface area contributed by atoms with E-state index in [0.717, 1.165) is 0 Å². The van der Waals surface area contributed by atoms with Crippen LogP contribution in [0.3, 0.4) is 0 Å². The molecule has 1 unspecified atom stereocenters. The van der Waals surface area contributed by atoms with E-state index in [-0.39, 0.29) is 5.37 Å². The molecule has 0 aromatic rings. The highest BCUT2D eigenvalue weighted by atomic mass is 32.2. The van der Waals surface area contributed by atoms with Gasteiger partial charge < -0.3 is 5.73 Å². The molecule has 0 saturated carbocycles. The van der Waals surface area contributed by atoms with Gasteiger partial charge >= 0.3 is 0 Å².